The van der Waals surface area contributed by atoms with Crippen molar-refractivity contribution >= 4 is 23.5 Å². The van der Waals surface area contributed by atoms with Crippen molar-refractivity contribution in [1.82, 2.24) is 15.5 Å². The average Bonchev–Trinajstić information content (AvgIpc) is 2.72. The Morgan fingerprint density at radius 2 is 2.17 bits per heavy atom. The van der Waals surface area contributed by atoms with Gasteiger partial charge >= 0.3 is 5.51 Å². The molecule has 0 fully saturated rings. The normalized spacial score (nSPS) is 11.3. The highest BCUT2D eigenvalue weighted by Crippen LogP contribution is 2.29. The molecule has 0 spiro atoms. The Balaban J connectivity index is 2.39. The summed E-state index contributed by atoms with van der Waals surface area (Å²) in [5.74, 6) is -1.18. The van der Waals surface area contributed by atoms with Gasteiger partial charge in [0.1, 0.15) is 11.4 Å². The number of nitrogens with zero attached hydrogens (tertiary/aromatic N) is 1. The van der Waals surface area contributed by atoms with Gasteiger partial charge < -0.3 is 5.32 Å². The van der Waals surface area contributed by atoms with Crippen molar-refractivity contribution in [2.75, 3.05) is 12.3 Å². The number of nitrogens with one attached hydrogen (secondary N) is 2. The molecule has 0 radical (unpaired) electrons. The van der Waals surface area contributed by atoms with Crippen LogP contribution in [-0.4, -0.2) is 39.7 Å². The highest BCUT2D eigenvalue weighted by molar-refractivity contribution is 8.00. The van der Waals surface area contributed by atoms with E-state index in [9.17, 15) is 22.8 Å². The molecule has 9 heteroatoms. The van der Waals surface area contributed by atoms with Gasteiger partial charge in [-0.05, 0) is 17.8 Å². The maximum Gasteiger partial charge on any atom is 0.441 e. The van der Waals surface area contributed by atoms with Gasteiger partial charge in [0.05, 0.1) is 0 Å². The van der Waals surface area contributed by atoms with E-state index < -0.39 is 11.4 Å². The quantitative estimate of drug-likeness (QED) is 0.635. The fourth-order valence-corrected chi connectivity index (χ4v) is 1.48. The molecule has 0 unspecified atom stereocenters. The lowest BCUT2D eigenvalue weighted by Crippen LogP contribution is -2.26. The van der Waals surface area contributed by atoms with Crippen molar-refractivity contribution in [1.29, 1.82) is 0 Å². The number of hydrogen-bond donors (Lipinski definition) is 2. The van der Waals surface area contributed by atoms with E-state index >= 15 is 0 Å². The van der Waals surface area contributed by atoms with E-state index in [0.29, 0.717) is 0 Å². The summed E-state index contributed by atoms with van der Waals surface area (Å²) >= 11 is -0.214. The number of thioether (sulfide) groups is 1. The molecule has 2 N–H and O–H groups in total. The van der Waals surface area contributed by atoms with Crippen LogP contribution in [-0.2, 0) is 0 Å². The molecule has 1 amide bonds. The molecule has 5 nitrogen and oxygen atoms in total. The SMILES string of the molecule is CC(=O)c1cc(C(=O)NCCSC(F)(F)F)[nH]n1. The minimum Gasteiger partial charge on any atom is -0.350 e. The zero-order valence-corrected chi connectivity index (χ0v) is 10.1. The molecule has 0 atom stereocenters. The fourth-order valence-electron chi connectivity index (χ4n) is 1.04. The number of carbonyl (C=O) groups is 2. The number of carbonyl (C=O) groups excluding carboxylic acids is 2. The van der Waals surface area contributed by atoms with E-state index in [1.807, 2.05) is 0 Å². The van der Waals surface area contributed by atoms with Gasteiger partial charge in [0, 0.05) is 19.2 Å². The van der Waals surface area contributed by atoms with E-state index in [1.165, 1.54) is 13.0 Å². The molecule has 0 aromatic carbocycles. The third-order valence-electron chi connectivity index (χ3n) is 1.84. The van der Waals surface area contributed by atoms with Crippen LogP contribution < -0.4 is 5.32 Å². The van der Waals surface area contributed by atoms with Crippen LogP contribution >= 0.6 is 11.8 Å². The Labute approximate surface area is 105 Å². The van der Waals surface area contributed by atoms with E-state index in [2.05, 4.69) is 15.5 Å². The first-order valence-corrected chi connectivity index (χ1v) is 5.83. The second-order valence-corrected chi connectivity index (χ2v) is 4.43. The van der Waals surface area contributed by atoms with Crippen LogP contribution in [0.4, 0.5) is 13.2 Å². The molecular formula is C9H10F3N3O2S. The van der Waals surface area contributed by atoms with E-state index in [1.54, 1.807) is 0 Å². The zero-order valence-electron chi connectivity index (χ0n) is 9.30. The van der Waals surface area contributed by atoms with Gasteiger partial charge in [0.2, 0.25) is 0 Å². The van der Waals surface area contributed by atoms with Crippen molar-refractivity contribution in [2.24, 2.45) is 0 Å². The fraction of sp³-hybridized carbons (Fsp3) is 0.444. The number of aromatic amines is 1. The number of amides is 1. The summed E-state index contributed by atoms with van der Waals surface area (Å²) in [5, 5.41) is 8.20. The Kier molecular flexibility index (Phi) is 4.76. The molecule has 0 saturated carbocycles. The third kappa shape index (κ3) is 4.78. The summed E-state index contributed by atoms with van der Waals surface area (Å²) < 4.78 is 35.4. The first-order valence-electron chi connectivity index (χ1n) is 4.85. The molecule has 0 aliphatic heterocycles. The third-order valence-corrected chi connectivity index (χ3v) is 2.57. The first kappa shape index (κ1) is 14.6. The molecule has 0 saturated heterocycles. The maximum absolute atomic E-state index is 11.8. The summed E-state index contributed by atoms with van der Waals surface area (Å²) in [6.07, 6.45) is 0. The van der Waals surface area contributed by atoms with Gasteiger partial charge in [-0.1, -0.05) is 0 Å². The minimum atomic E-state index is -4.31. The number of Topliss-reactive ketones (excluding diaryl/α,β-unsaturated/α-hetero) is 1. The Bertz CT molecular complexity index is 445. The number of halogens is 3. The van der Waals surface area contributed by atoms with Gasteiger partial charge in [0.15, 0.2) is 5.78 Å². The van der Waals surface area contributed by atoms with Gasteiger partial charge in [-0.2, -0.15) is 18.3 Å². The van der Waals surface area contributed by atoms with Crippen LogP contribution in [0, 0.1) is 0 Å². The maximum atomic E-state index is 11.8. The topological polar surface area (TPSA) is 74.8 Å². The molecule has 1 aromatic rings. The van der Waals surface area contributed by atoms with Crippen LogP contribution in [0.25, 0.3) is 0 Å². The largest absolute Gasteiger partial charge is 0.441 e. The van der Waals surface area contributed by atoms with Gasteiger partial charge in [-0.15, -0.1) is 0 Å². The first-order chi connectivity index (χ1) is 8.29. The summed E-state index contributed by atoms with van der Waals surface area (Å²) in [5.41, 5.74) is -4.16. The molecule has 1 rings (SSSR count). The van der Waals surface area contributed by atoms with Gasteiger partial charge in [-0.3, -0.25) is 14.7 Å². The Morgan fingerprint density at radius 1 is 1.50 bits per heavy atom. The number of H-pyrrole nitrogens is 1. The summed E-state index contributed by atoms with van der Waals surface area (Å²) in [4.78, 5) is 22.3. The van der Waals surface area contributed by atoms with Gasteiger partial charge in [0.25, 0.3) is 5.91 Å². The van der Waals surface area contributed by atoms with Crippen LogP contribution in [0.2, 0.25) is 0 Å². The molecule has 18 heavy (non-hydrogen) atoms. The highest BCUT2D eigenvalue weighted by atomic mass is 32.2. The average molecular weight is 281 g/mol. The van der Waals surface area contributed by atoms with E-state index in [-0.39, 0.29) is 41.2 Å². The smallest absolute Gasteiger partial charge is 0.350 e. The molecule has 0 aliphatic rings. The summed E-state index contributed by atoms with van der Waals surface area (Å²) in [7, 11) is 0. The van der Waals surface area contributed by atoms with Crippen molar-refractivity contribution in [3.8, 4) is 0 Å². The zero-order chi connectivity index (χ0) is 13.8. The second kappa shape index (κ2) is 5.89. The molecule has 100 valence electrons. The molecule has 1 heterocycles. The van der Waals surface area contributed by atoms with E-state index in [4.69, 9.17) is 0 Å². The molecular weight excluding hydrogens is 271 g/mol. The second-order valence-electron chi connectivity index (χ2n) is 3.27. The molecule has 1 aromatic heterocycles. The number of alkyl halides is 3. The monoisotopic (exact) mass is 281 g/mol. The summed E-state index contributed by atoms with van der Waals surface area (Å²) in [6.45, 7) is 1.16. The standard InChI is InChI=1S/C9H10F3N3O2S/c1-5(16)6-4-7(15-14-6)8(17)13-2-3-18-9(10,11)12/h4H,2-3H2,1H3,(H,13,17)(H,14,15). The van der Waals surface area contributed by atoms with Crippen molar-refractivity contribution in [2.45, 2.75) is 12.4 Å². The Morgan fingerprint density at radius 3 is 2.67 bits per heavy atom. The lowest BCUT2D eigenvalue weighted by atomic mass is 10.3. The predicted molar refractivity (Wildman–Crippen MR) is 59.4 cm³/mol. The number of aromatic nitrogens is 2. The molecule has 0 bridgehead atoms. The van der Waals surface area contributed by atoms with Crippen LogP contribution in [0.5, 0.6) is 0 Å². The van der Waals surface area contributed by atoms with Crippen molar-refractivity contribution < 1.29 is 22.8 Å². The van der Waals surface area contributed by atoms with E-state index in [0.717, 1.165) is 0 Å². The van der Waals surface area contributed by atoms with Crippen molar-refractivity contribution in [3.63, 3.8) is 0 Å². The lowest BCUT2D eigenvalue weighted by molar-refractivity contribution is -0.0327. The minimum absolute atomic E-state index is 0.0391. The summed E-state index contributed by atoms with van der Waals surface area (Å²) in [6, 6.07) is 1.24. The number of rotatable bonds is 5. The van der Waals surface area contributed by atoms with Crippen LogP contribution in [0.1, 0.15) is 27.9 Å². The molecule has 0 aliphatic carbocycles. The van der Waals surface area contributed by atoms with Crippen molar-refractivity contribution in [3.05, 3.63) is 17.5 Å². The predicted octanol–water partition coefficient (Wildman–Crippen LogP) is 1.60. The van der Waals surface area contributed by atoms with Gasteiger partial charge in [-0.25, -0.2) is 0 Å². The highest BCUT2D eigenvalue weighted by Gasteiger charge is 2.27. The Hall–Kier alpha value is -1.51. The number of ketones is 1. The lowest BCUT2D eigenvalue weighted by Gasteiger charge is -2.05. The van der Waals surface area contributed by atoms with Crippen LogP contribution in [0.15, 0.2) is 6.07 Å². The number of hydrogen-bond acceptors (Lipinski definition) is 4. The van der Waals surface area contributed by atoms with Crippen LogP contribution in [0.3, 0.4) is 0 Å².